The molecular formula is C28H16N2O3. The van der Waals surface area contributed by atoms with Gasteiger partial charge in [0.25, 0.3) is 0 Å². The molecule has 0 atom stereocenters. The molecule has 6 rings (SSSR count). The van der Waals surface area contributed by atoms with Crippen molar-refractivity contribution in [3.8, 4) is 17.4 Å². The molecule has 2 aromatic heterocycles. The molecule has 33 heavy (non-hydrogen) atoms. The number of aryl methyl sites for hydroxylation is 1. The van der Waals surface area contributed by atoms with Gasteiger partial charge in [0.1, 0.15) is 5.76 Å². The van der Waals surface area contributed by atoms with Crippen LogP contribution in [-0.2, 0) is 7.05 Å². The largest absolute Gasteiger partial charge is 0.454 e. The Balaban J connectivity index is 1.40. The van der Waals surface area contributed by atoms with Gasteiger partial charge in [-0.25, -0.2) is 0 Å². The topological polar surface area (TPSA) is 76.0 Å². The Morgan fingerprint density at radius 1 is 0.879 bits per heavy atom. The second-order valence-corrected chi connectivity index (χ2v) is 8.14. The number of furan rings is 1. The lowest BCUT2D eigenvalue weighted by atomic mass is 10.0. The van der Waals surface area contributed by atoms with E-state index in [4.69, 9.17) is 9.68 Å². The zero-order valence-electron chi connectivity index (χ0n) is 17.6. The van der Waals surface area contributed by atoms with E-state index in [1.807, 2.05) is 60.1 Å². The third-order valence-electron chi connectivity index (χ3n) is 6.22. The Kier molecular flexibility index (Phi) is 3.98. The van der Waals surface area contributed by atoms with E-state index in [0.717, 1.165) is 21.9 Å². The third kappa shape index (κ3) is 2.85. The van der Waals surface area contributed by atoms with Gasteiger partial charge < -0.3 is 8.98 Å². The summed E-state index contributed by atoms with van der Waals surface area (Å²) in [5, 5.41) is 10.8. The molecule has 0 fully saturated rings. The van der Waals surface area contributed by atoms with Gasteiger partial charge in [0.2, 0.25) is 0 Å². The van der Waals surface area contributed by atoms with Crippen molar-refractivity contribution >= 4 is 39.5 Å². The fourth-order valence-electron chi connectivity index (χ4n) is 4.41. The molecule has 5 nitrogen and oxygen atoms in total. The van der Waals surface area contributed by atoms with E-state index in [1.54, 1.807) is 30.3 Å². The maximum absolute atomic E-state index is 13.1. The molecule has 0 aliphatic heterocycles. The lowest BCUT2D eigenvalue weighted by Gasteiger charge is -2.00. The number of nitriles is 1. The minimum absolute atomic E-state index is 0.163. The van der Waals surface area contributed by atoms with Gasteiger partial charge in [0.15, 0.2) is 17.1 Å². The Morgan fingerprint density at radius 2 is 1.52 bits per heavy atom. The van der Waals surface area contributed by atoms with Gasteiger partial charge in [-0.05, 0) is 53.2 Å². The summed E-state index contributed by atoms with van der Waals surface area (Å²) in [5.74, 6) is 0.181. The summed E-state index contributed by atoms with van der Waals surface area (Å²) in [6, 6.07) is 24.3. The first-order valence-corrected chi connectivity index (χ1v) is 10.5. The van der Waals surface area contributed by atoms with Gasteiger partial charge >= 0.3 is 0 Å². The fraction of sp³-hybridized carbons (Fsp3) is 0.0357. The van der Waals surface area contributed by atoms with Crippen molar-refractivity contribution in [3.63, 3.8) is 0 Å². The minimum atomic E-state index is -0.253. The molecule has 5 heteroatoms. The Labute approximate surface area is 188 Å². The van der Waals surface area contributed by atoms with Crippen molar-refractivity contribution in [3.05, 3.63) is 101 Å². The summed E-state index contributed by atoms with van der Waals surface area (Å²) >= 11 is 0. The number of carbonyl (C=O) groups excluding carboxylic acids is 2. The van der Waals surface area contributed by atoms with Crippen LogP contribution in [0.1, 0.15) is 32.0 Å². The van der Waals surface area contributed by atoms with Crippen LogP contribution in [0.2, 0.25) is 0 Å². The molecule has 1 aliphatic carbocycles. The quantitative estimate of drug-likeness (QED) is 0.258. The molecule has 0 saturated carbocycles. The predicted molar refractivity (Wildman–Crippen MR) is 126 cm³/mol. The highest BCUT2D eigenvalue weighted by Crippen LogP contribution is 2.34. The van der Waals surface area contributed by atoms with Gasteiger partial charge in [-0.15, -0.1) is 0 Å². The molecule has 156 valence electrons. The molecule has 0 spiro atoms. The maximum atomic E-state index is 13.1. The number of rotatable bonds is 2. The highest BCUT2D eigenvalue weighted by Gasteiger charge is 2.33. The van der Waals surface area contributed by atoms with Crippen LogP contribution in [0.15, 0.2) is 82.8 Å². The van der Waals surface area contributed by atoms with Crippen LogP contribution in [0.25, 0.3) is 39.3 Å². The molecular weight excluding hydrogens is 412 g/mol. The smallest absolute Gasteiger partial charge is 0.197 e. The van der Waals surface area contributed by atoms with Crippen LogP contribution < -0.4 is 0 Å². The summed E-state index contributed by atoms with van der Waals surface area (Å²) in [7, 11) is 1.87. The summed E-state index contributed by atoms with van der Waals surface area (Å²) in [5.41, 5.74) is 4.74. The van der Waals surface area contributed by atoms with E-state index in [1.165, 1.54) is 0 Å². The van der Waals surface area contributed by atoms with Crippen LogP contribution in [0.4, 0.5) is 0 Å². The lowest BCUT2D eigenvalue weighted by molar-refractivity contribution is 0.0990. The SMILES string of the molecule is Cn1c(C=C2C(=O)c3cc4ccccc4cc3C2=O)cc2oc(-c3ccc(C#N)cc3)cc21. The Hall–Kier alpha value is -4.69. The molecule has 0 unspecified atom stereocenters. The summed E-state index contributed by atoms with van der Waals surface area (Å²) < 4.78 is 7.92. The van der Waals surface area contributed by atoms with Gasteiger partial charge in [-0.3, -0.25) is 9.59 Å². The number of Topliss-reactive ketones (excluding diaryl/α,β-unsaturated/α-hetero) is 2. The first-order valence-electron chi connectivity index (χ1n) is 10.5. The van der Waals surface area contributed by atoms with Gasteiger partial charge in [0, 0.05) is 41.6 Å². The summed E-state index contributed by atoms with van der Waals surface area (Å²) in [6.07, 6.45) is 1.65. The first kappa shape index (κ1) is 19.0. The number of allylic oxidation sites excluding steroid dienone is 1. The molecule has 0 N–H and O–H groups in total. The number of fused-ring (bicyclic) bond motifs is 3. The lowest BCUT2D eigenvalue weighted by Crippen LogP contribution is -2.01. The molecule has 3 aromatic carbocycles. The van der Waals surface area contributed by atoms with Crippen molar-refractivity contribution < 1.29 is 14.0 Å². The van der Waals surface area contributed by atoms with E-state index in [9.17, 15) is 9.59 Å². The zero-order chi connectivity index (χ0) is 22.7. The molecule has 5 aromatic rings. The number of ketones is 2. The van der Waals surface area contributed by atoms with Crippen LogP contribution in [0, 0.1) is 11.3 Å². The summed E-state index contributed by atoms with van der Waals surface area (Å²) in [4.78, 5) is 26.1. The maximum Gasteiger partial charge on any atom is 0.197 e. The molecule has 0 amide bonds. The molecule has 0 saturated heterocycles. The van der Waals surface area contributed by atoms with Crippen molar-refractivity contribution in [2.45, 2.75) is 0 Å². The normalized spacial score (nSPS) is 13.0. The van der Waals surface area contributed by atoms with E-state index in [2.05, 4.69) is 6.07 Å². The average Bonchev–Trinajstić information content (AvgIpc) is 3.46. The minimum Gasteiger partial charge on any atom is -0.454 e. The van der Waals surface area contributed by atoms with Gasteiger partial charge in [-0.1, -0.05) is 24.3 Å². The average molecular weight is 428 g/mol. The highest BCUT2D eigenvalue weighted by molar-refractivity contribution is 6.42. The van der Waals surface area contributed by atoms with E-state index < -0.39 is 0 Å². The first-order chi connectivity index (χ1) is 16.0. The standard InChI is InChI=1S/C28H16N2O3/c1-30-20(13-26-24(30)14-25(33-26)17-8-6-16(15-29)7-9-17)12-23-27(31)21-10-18-4-2-3-5-19(18)11-22(21)28(23)32/h2-14H,1H3. The predicted octanol–water partition coefficient (Wildman–Crippen LogP) is 5.93. The molecule has 0 bridgehead atoms. The summed E-state index contributed by atoms with van der Waals surface area (Å²) in [6.45, 7) is 0. The molecule has 2 heterocycles. The monoisotopic (exact) mass is 428 g/mol. The van der Waals surface area contributed by atoms with Crippen molar-refractivity contribution in [1.82, 2.24) is 4.57 Å². The van der Waals surface area contributed by atoms with Crippen molar-refractivity contribution in [2.75, 3.05) is 0 Å². The van der Waals surface area contributed by atoms with Crippen LogP contribution >= 0.6 is 0 Å². The van der Waals surface area contributed by atoms with Gasteiger partial charge in [0.05, 0.1) is 22.7 Å². The molecule has 1 aliphatic rings. The number of nitrogens with zero attached hydrogens (tertiary/aromatic N) is 2. The second kappa shape index (κ2) is 6.91. The Morgan fingerprint density at radius 3 is 2.09 bits per heavy atom. The third-order valence-corrected chi connectivity index (χ3v) is 6.22. The van der Waals surface area contributed by atoms with Crippen LogP contribution in [0.3, 0.4) is 0 Å². The van der Waals surface area contributed by atoms with Gasteiger partial charge in [-0.2, -0.15) is 5.26 Å². The van der Waals surface area contributed by atoms with Crippen LogP contribution in [0.5, 0.6) is 0 Å². The van der Waals surface area contributed by atoms with Crippen LogP contribution in [-0.4, -0.2) is 16.1 Å². The number of hydrogen-bond acceptors (Lipinski definition) is 4. The molecule has 0 radical (unpaired) electrons. The van der Waals surface area contributed by atoms with E-state index in [-0.39, 0.29) is 17.1 Å². The number of benzene rings is 3. The zero-order valence-corrected chi connectivity index (χ0v) is 17.6. The second-order valence-electron chi connectivity index (χ2n) is 8.14. The van der Waals surface area contributed by atoms with Crippen molar-refractivity contribution in [1.29, 1.82) is 5.26 Å². The fourth-order valence-corrected chi connectivity index (χ4v) is 4.41. The number of hydrogen-bond donors (Lipinski definition) is 0. The highest BCUT2D eigenvalue weighted by atomic mass is 16.3. The number of aromatic nitrogens is 1. The Bertz CT molecular complexity index is 1650. The van der Waals surface area contributed by atoms with E-state index in [0.29, 0.717) is 33.7 Å². The van der Waals surface area contributed by atoms with Crippen molar-refractivity contribution in [2.24, 2.45) is 7.05 Å². The number of carbonyl (C=O) groups is 2. The van der Waals surface area contributed by atoms with E-state index >= 15 is 0 Å².